The van der Waals surface area contributed by atoms with E-state index in [4.69, 9.17) is 4.74 Å². The van der Waals surface area contributed by atoms with Crippen LogP contribution in [0.4, 0.5) is 0 Å². The van der Waals surface area contributed by atoms with Crippen LogP contribution in [-0.2, 0) is 14.3 Å². The first-order chi connectivity index (χ1) is 5.29. The minimum atomic E-state index is -0.139. The molecule has 0 spiro atoms. The van der Waals surface area contributed by atoms with E-state index >= 15 is 0 Å². The van der Waals surface area contributed by atoms with Crippen LogP contribution >= 0.6 is 0 Å². The second-order valence-corrected chi connectivity index (χ2v) is 2.81. The molecule has 0 aromatic heterocycles. The van der Waals surface area contributed by atoms with Gasteiger partial charge in [-0.2, -0.15) is 0 Å². The third kappa shape index (κ3) is 1.59. The molecule has 0 aromatic carbocycles. The standard InChI is InChI=1S/C8H12O3/c1-2-7-6(3-4-9)5-11-8(7)10/h4,6-7H,2-3,5H2,1H3/t6-,7+/m0/s1. The van der Waals surface area contributed by atoms with E-state index in [0.29, 0.717) is 13.0 Å². The van der Waals surface area contributed by atoms with E-state index < -0.39 is 0 Å². The molecule has 1 aliphatic rings. The van der Waals surface area contributed by atoms with Gasteiger partial charge in [-0.3, -0.25) is 4.79 Å². The van der Waals surface area contributed by atoms with Crippen molar-refractivity contribution < 1.29 is 14.3 Å². The predicted octanol–water partition coefficient (Wildman–Crippen LogP) is 0.775. The quantitative estimate of drug-likeness (QED) is 0.448. The Kier molecular flexibility index (Phi) is 2.63. The third-order valence-electron chi connectivity index (χ3n) is 2.15. The zero-order valence-electron chi connectivity index (χ0n) is 6.58. The SMILES string of the molecule is CC[C@H]1C(=O)OC[C@@H]1CC=O. The predicted molar refractivity (Wildman–Crippen MR) is 38.9 cm³/mol. The molecule has 1 aliphatic heterocycles. The summed E-state index contributed by atoms with van der Waals surface area (Å²) in [5.41, 5.74) is 0. The molecule has 1 saturated heterocycles. The van der Waals surface area contributed by atoms with Crippen molar-refractivity contribution in [3.05, 3.63) is 0 Å². The number of hydrogen-bond donors (Lipinski definition) is 0. The summed E-state index contributed by atoms with van der Waals surface area (Å²) >= 11 is 0. The number of carbonyl (C=O) groups excluding carboxylic acids is 2. The van der Waals surface area contributed by atoms with E-state index in [1.165, 1.54) is 0 Å². The molecular weight excluding hydrogens is 144 g/mol. The highest BCUT2D eigenvalue weighted by Gasteiger charge is 2.34. The monoisotopic (exact) mass is 156 g/mol. The van der Waals surface area contributed by atoms with Crippen molar-refractivity contribution in [3.8, 4) is 0 Å². The number of carbonyl (C=O) groups is 2. The highest BCUT2D eigenvalue weighted by atomic mass is 16.5. The summed E-state index contributed by atoms with van der Waals surface area (Å²) in [5.74, 6) is -0.0513. The first kappa shape index (κ1) is 8.24. The summed E-state index contributed by atoms with van der Waals surface area (Å²) in [5, 5.41) is 0. The van der Waals surface area contributed by atoms with Crippen LogP contribution in [0.2, 0.25) is 0 Å². The molecular formula is C8H12O3. The Morgan fingerprint density at radius 1 is 1.73 bits per heavy atom. The Morgan fingerprint density at radius 3 is 3.00 bits per heavy atom. The highest BCUT2D eigenvalue weighted by molar-refractivity contribution is 5.75. The smallest absolute Gasteiger partial charge is 0.309 e. The first-order valence-electron chi connectivity index (χ1n) is 3.89. The zero-order valence-corrected chi connectivity index (χ0v) is 6.58. The van der Waals surface area contributed by atoms with Gasteiger partial charge < -0.3 is 9.53 Å². The van der Waals surface area contributed by atoms with Crippen molar-refractivity contribution in [2.24, 2.45) is 11.8 Å². The van der Waals surface area contributed by atoms with Crippen LogP contribution in [0.15, 0.2) is 0 Å². The molecule has 0 saturated carbocycles. The van der Waals surface area contributed by atoms with Gasteiger partial charge in [0.2, 0.25) is 0 Å². The molecule has 1 heterocycles. The molecule has 0 unspecified atom stereocenters. The van der Waals surface area contributed by atoms with Gasteiger partial charge >= 0.3 is 5.97 Å². The fourth-order valence-electron chi connectivity index (χ4n) is 1.46. The Bertz CT molecular complexity index is 165. The Morgan fingerprint density at radius 2 is 2.45 bits per heavy atom. The fourth-order valence-corrected chi connectivity index (χ4v) is 1.46. The number of hydrogen-bond acceptors (Lipinski definition) is 3. The lowest BCUT2D eigenvalue weighted by Gasteiger charge is -2.07. The average Bonchev–Trinajstić information content (AvgIpc) is 2.33. The summed E-state index contributed by atoms with van der Waals surface area (Å²) in [7, 11) is 0. The van der Waals surface area contributed by atoms with Crippen LogP contribution in [0.5, 0.6) is 0 Å². The number of ether oxygens (including phenoxy) is 1. The molecule has 0 bridgehead atoms. The van der Waals surface area contributed by atoms with Gasteiger partial charge in [0.05, 0.1) is 12.5 Å². The van der Waals surface area contributed by atoms with Gasteiger partial charge in [-0.1, -0.05) is 6.92 Å². The molecule has 0 aliphatic carbocycles. The average molecular weight is 156 g/mol. The highest BCUT2D eigenvalue weighted by Crippen LogP contribution is 2.26. The first-order valence-corrected chi connectivity index (χ1v) is 3.89. The normalized spacial score (nSPS) is 30.1. The molecule has 1 rings (SSSR count). The molecule has 0 N–H and O–H groups in total. The Hall–Kier alpha value is -0.860. The molecule has 1 fully saturated rings. The van der Waals surface area contributed by atoms with Crippen molar-refractivity contribution in [1.29, 1.82) is 0 Å². The maximum absolute atomic E-state index is 11.0. The van der Waals surface area contributed by atoms with Gasteiger partial charge in [0.25, 0.3) is 0 Å². The lowest BCUT2D eigenvalue weighted by atomic mass is 9.91. The van der Waals surface area contributed by atoms with E-state index in [0.717, 1.165) is 12.7 Å². The van der Waals surface area contributed by atoms with Crippen LogP contribution in [0.3, 0.4) is 0 Å². The van der Waals surface area contributed by atoms with Gasteiger partial charge in [0, 0.05) is 12.3 Å². The van der Waals surface area contributed by atoms with Crippen LogP contribution in [0.1, 0.15) is 19.8 Å². The number of aldehydes is 1. The summed E-state index contributed by atoms with van der Waals surface area (Å²) < 4.78 is 4.82. The van der Waals surface area contributed by atoms with E-state index in [1.54, 1.807) is 0 Å². The number of rotatable bonds is 3. The van der Waals surface area contributed by atoms with Gasteiger partial charge in [-0.05, 0) is 6.42 Å². The molecule has 0 aromatic rings. The fraction of sp³-hybridized carbons (Fsp3) is 0.750. The van der Waals surface area contributed by atoms with E-state index in [2.05, 4.69) is 0 Å². The summed E-state index contributed by atoms with van der Waals surface area (Å²) in [4.78, 5) is 21.1. The number of cyclic esters (lactones) is 1. The molecule has 3 heteroatoms. The number of esters is 1. The molecule has 0 amide bonds. The van der Waals surface area contributed by atoms with E-state index in [-0.39, 0.29) is 17.8 Å². The second-order valence-electron chi connectivity index (χ2n) is 2.81. The largest absolute Gasteiger partial charge is 0.465 e. The molecule has 0 radical (unpaired) electrons. The van der Waals surface area contributed by atoms with Gasteiger partial charge in [-0.15, -0.1) is 0 Å². The van der Waals surface area contributed by atoms with Crippen LogP contribution in [-0.4, -0.2) is 18.9 Å². The maximum atomic E-state index is 11.0. The topological polar surface area (TPSA) is 43.4 Å². The summed E-state index contributed by atoms with van der Waals surface area (Å²) in [6, 6.07) is 0. The Balaban J connectivity index is 2.53. The summed E-state index contributed by atoms with van der Waals surface area (Å²) in [6.45, 7) is 2.37. The van der Waals surface area contributed by atoms with Crippen molar-refractivity contribution in [2.45, 2.75) is 19.8 Å². The van der Waals surface area contributed by atoms with E-state index in [9.17, 15) is 9.59 Å². The molecule has 2 atom stereocenters. The van der Waals surface area contributed by atoms with Crippen molar-refractivity contribution >= 4 is 12.3 Å². The van der Waals surface area contributed by atoms with Crippen molar-refractivity contribution in [1.82, 2.24) is 0 Å². The van der Waals surface area contributed by atoms with Crippen LogP contribution in [0, 0.1) is 11.8 Å². The van der Waals surface area contributed by atoms with Crippen molar-refractivity contribution in [3.63, 3.8) is 0 Å². The molecule has 11 heavy (non-hydrogen) atoms. The van der Waals surface area contributed by atoms with Gasteiger partial charge in [0.1, 0.15) is 6.29 Å². The third-order valence-corrected chi connectivity index (χ3v) is 2.15. The van der Waals surface area contributed by atoms with Gasteiger partial charge in [-0.25, -0.2) is 0 Å². The molecule has 62 valence electrons. The van der Waals surface area contributed by atoms with E-state index in [1.807, 2.05) is 6.92 Å². The van der Waals surface area contributed by atoms with Crippen LogP contribution < -0.4 is 0 Å². The minimum Gasteiger partial charge on any atom is -0.465 e. The van der Waals surface area contributed by atoms with Crippen molar-refractivity contribution in [2.75, 3.05) is 6.61 Å². The lowest BCUT2D eigenvalue weighted by molar-refractivity contribution is -0.141. The molecule has 3 nitrogen and oxygen atoms in total. The second kappa shape index (κ2) is 3.51. The van der Waals surface area contributed by atoms with Crippen LogP contribution in [0.25, 0.3) is 0 Å². The minimum absolute atomic E-state index is 0.0415. The maximum Gasteiger partial charge on any atom is 0.309 e. The Labute approximate surface area is 65.7 Å². The van der Waals surface area contributed by atoms with Gasteiger partial charge in [0.15, 0.2) is 0 Å². The lowest BCUT2D eigenvalue weighted by Crippen LogP contribution is -2.15. The zero-order chi connectivity index (χ0) is 8.27. The summed E-state index contributed by atoms with van der Waals surface area (Å²) in [6.07, 6.45) is 2.08.